The van der Waals surface area contributed by atoms with Crippen molar-refractivity contribution in [1.82, 2.24) is 23.8 Å². The predicted molar refractivity (Wildman–Crippen MR) is 93.3 cm³/mol. The van der Waals surface area contributed by atoms with Crippen LogP contribution in [0.2, 0.25) is 0 Å². The molecule has 2 heterocycles. The third kappa shape index (κ3) is 4.43. The highest BCUT2D eigenvalue weighted by Crippen LogP contribution is 2.19. The number of methoxy groups -OCH3 is 1. The number of ether oxygens (including phenoxy) is 1. The highest BCUT2D eigenvalue weighted by atomic mass is 32.2. The van der Waals surface area contributed by atoms with E-state index in [1.165, 1.54) is 10.6 Å². The fraction of sp³-hybridized carbons (Fsp3) is 0.500. The molecule has 1 aromatic heterocycles. The van der Waals surface area contributed by atoms with Crippen LogP contribution in [0.4, 0.5) is 0 Å². The highest BCUT2D eigenvalue weighted by Gasteiger charge is 2.28. The molecule has 9 heteroatoms. The zero-order valence-electron chi connectivity index (χ0n) is 14.2. The molecule has 1 aliphatic heterocycles. The first kappa shape index (κ1) is 18.0. The summed E-state index contributed by atoms with van der Waals surface area (Å²) in [6, 6.07) is 7.52. The van der Waals surface area contributed by atoms with Crippen LogP contribution in [0.15, 0.2) is 36.9 Å². The average Bonchev–Trinajstić information content (AvgIpc) is 3.15. The molecule has 1 aromatic carbocycles. The number of hydrogen-bond donors (Lipinski definition) is 1. The number of benzene rings is 1. The first-order valence-electron chi connectivity index (χ1n) is 8.27. The van der Waals surface area contributed by atoms with E-state index in [0.29, 0.717) is 19.7 Å². The summed E-state index contributed by atoms with van der Waals surface area (Å²) in [6.45, 7) is 1.82. The van der Waals surface area contributed by atoms with Crippen LogP contribution in [0.1, 0.15) is 18.4 Å². The van der Waals surface area contributed by atoms with E-state index in [2.05, 4.69) is 14.8 Å². The Hall–Kier alpha value is -1.81. The van der Waals surface area contributed by atoms with Gasteiger partial charge in [0, 0.05) is 26.7 Å². The summed E-state index contributed by atoms with van der Waals surface area (Å²) in [6.07, 6.45) is 4.89. The SMILES string of the molecule is COCC1CCCN(S(=O)(=O)NCc2ccccc2-n2cncn2)C1. The van der Waals surface area contributed by atoms with Gasteiger partial charge in [-0.2, -0.15) is 22.5 Å². The summed E-state index contributed by atoms with van der Waals surface area (Å²) in [5, 5.41) is 4.12. The lowest BCUT2D eigenvalue weighted by Crippen LogP contribution is -2.46. The van der Waals surface area contributed by atoms with Gasteiger partial charge in [0.25, 0.3) is 10.2 Å². The van der Waals surface area contributed by atoms with Crippen LogP contribution >= 0.6 is 0 Å². The van der Waals surface area contributed by atoms with Gasteiger partial charge < -0.3 is 4.74 Å². The summed E-state index contributed by atoms with van der Waals surface area (Å²) in [5.41, 5.74) is 1.64. The Labute approximate surface area is 148 Å². The molecule has 0 aliphatic carbocycles. The van der Waals surface area contributed by atoms with Crippen molar-refractivity contribution in [1.29, 1.82) is 0 Å². The molecule has 8 nitrogen and oxygen atoms in total. The van der Waals surface area contributed by atoms with E-state index in [1.54, 1.807) is 18.1 Å². The summed E-state index contributed by atoms with van der Waals surface area (Å²) < 4.78 is 36.3. The minimum absolute atomic E-state index is 0.198. The number of aromatic nitrogens is 3. The lowest BCUT2D eigenvalue weighted by atomic mass is 10.0. The summed E-state index contributed by atoms with van der Waals surface area (Å²) in [4.78, 5) is 3.94. The fourth-order valence-electron chi connectivity index (χ4n) is 3.09. The molecule has 1 saturated heterocycles. The zero-order valence-corrected chi connectivity index (χ0v) is 15.0. The fourth-order valence-corrected chi connectivity index (χ4v) is 4.39. The second-order valence-electron chi connectivity index (χ2n) is 6.12. The molecule has 2 aromatic rings. The highest BCUT2D eigenvalue weighted by molar-refractivity contribution is 7.87. The Kier molecular flexibility index (Phi) is 5.79. The quantitative estimate of drug-likeness (QED) is 0.789. The van der Waals surface area contributed by atoms with Gasteiger partial charge >= 0.3 is 0 Å². The molecule has 0 saturated carbocycles. The topological polar surface area (TPSA) is 89.4 Å². The van der Waals surface area contributed by atoms with Crippen LogP contribution in [0.25, 0.3) is 5.69 Å². The van der Waals surface area contributed by atoms with Gasteiger partial charge in [0.15, 0.2) is 0 Å². The van der Waals surface area contributed by atoms with Crippen LogP contribution in [0.3, 0.4) is 0 Å². The second kappa shape index (κ2) is 8.05. The number of nitrogens with one attached hydrogen (secondary N) is 1. The Balaban J connectivity index is 1.69. The zero-order chi connectivity index (χ0) is 17.7. The number of para-hydroxylation sites is 1. The average molecular weight is 365 g/mol. The van der Waals surface area contributed by atoms with Crippen molar-refractivity contribution < 1.29 is 13.2 Å². The lowest BCUT2D eigenvalue weighted by Gasteiger charge is -2.31. The molecule has 136 valence electrons. The molecule has 25 heavy (non-hydrogen) atoms. The van der Waals surface area contributed by atoms with Gasteiger partial charge in [-0.15, -0.1) is 0 Å². The lowest BCUT2D eigenvalue weighted by molar-refractivity contribution is 0.118. The minimum Gasteiger partial charge on any atom is -0.384 e. The minimum atomic E-state index is -3.54. The number of hydrogen-bond acceptors (Lipinski definition) is 5. The van der Waals surface area contributed by atoms with Crippen molar-refractivity contribution in [2.24, 2.45) is 5.92 Å². The molecular formula is C16H23N5O3S. The first-order valence-corrected chi connectivity index (χ1v) is 9.71. The van der Waals surface area contributed by atoms with Gasteiger partial charge in [0.2, 0.25) is 0 Å². The summed E-state index contributed by atoms with van der Waals surface area (Å²) >= 11 is 0. The van der Waals surface area contributed by atoms with E-state index in [-0.39, 0.29) is 12.5 Å². The third-order valence-electron chi connectivity index (χ3n) is 4.33. The molecule has 1 unspecified atom stereocenters. The van der Waals surface area contributed by atoms with Gasteiger partial charge in [0.05, 0.1) is 12.3 Å². The van der Waals surface area contributed by atoms with E-state index in [1.807, 2.05) is 24.3 Å². The predicted octanol–water partition coefficient (Wildman–Crippen LogP) is 0.960. The van der Waals surface area contributed by atoms with Crippen molar-refractivity contribution in [3.05, 3.63) is 42.5 Å². The molecule has 0 spiro atoms. The molecular weight excluding hydrogens is 342 g/mol. The van der Waals surface area contributed by atoms with Gasteiger partial charge in [-0.25, -0.2) is 9.67 Å². The molecule has 0 amide bonds. The third-order valence-corrected chi connectivity index (χ3v) is 5.85. The van der Waals surface area contributed by atoms with E-state index < -0.39 is 10.2 Å². The molecule has 3 rings (SSSR count). The van der Waals surface area contributed by atoms with Crippen molar-refractivity contribution in [2.45, 2.75) is 19.4 Å². The van der Waals surface area contributed by atoms with E-state index in [4.69, 9.17) is 4.74 Å². The maximum atomic E-state index is 12.6. The van der Waals surface area contributed by atoms with E-state index in [9.17, 15) is 8.42 Å². The normalized spacial score (nSPS) is 19.2. The summed E-state index contributed by atoms with van der Waals surface area (Å²) in [7, 11) is -1.89. The number of piperidine rings is 1. The molecule has 1 aliphatic rings. The second-order valence-corrected chi connectivity index (χ2v) is 7.87. The largest absolute Gasteiger partial charge is 0.384 e. The van der Waals surface area contributed by atoms with Gasteiger partial charge in [0.1, 0.15) is 12.7 Å². The van der Waals surface area contributed by atoms with Crippen LogP contribution in [-0.4, -0.2) is 54.3 Å². The van der Waals surface area contributed by atoms with E-state index in [0.717, 1.165) is 24.1 Å². The standard InChI is InChI=1S/C16H23N5O3S/c1-24-11-14-5-4-8-20(10-14)25(22,23)19-9-15-6-2-3-7-16(15)21-13-17-12-18-21/h2-3,6-7,12-14,19H,4-5,8-11H2,1H3. The molecule has 1 atom stereocenters. The maximum absolute atomic E-state index is 12.6. The number of nitrogens with zero attached hydrogens (tertiary/aromatic N) is 4. The van der Waals surface area contributed by atoms with Crippen molar-refractivity contribution in [3.8, 4) is 5.69 Å². The van der Waals surface area contributed by atoms with Crippen LogP contribution in [-0.2, 0) is 21.5 Å². The molecule has 1 fully saturated rings. The van der Waals surface area contributed by atoms with Crippen LogP contribution in [0, 0.1) is 5.92 Å². The Morgan fingerprint density at radius 1 is 1.36 bits per heavy atom. The van der Waals surface area contributed by atoms with E-state index >= 15 is 0 Å². The van der Waals surface area contributed by atoms with Crippen molar-refractivity contribution >= 4 is 10.2 Å². The van der Waals surface area contributed by atoms with Gasteiger partial charge in [-0.1, -0.05) is 18.2 Å². The smallest absolute Gasteiger partial charge is 0.279 e. The van der Waals surface area contributed by atoms with Crippen LogP contribution in [0.5, 0.6) is 0 Å². The van der Waals surface area contributed by atoms with Crippen LogP contribution < -0.4 is 4.72 Å². The monoisotopic (exact) mass is 365 g/mol. The Bertz CT molecular complexity index is 777. The number of rotatable bonds is 7. The van der Waals surface area contributed by atoms with Crippen molar-refractivity contribution in [3.63, 3.8) is 0 Å². The Morgan fingerprint density at radius 2 is 2.20 bits per heavy atom. The Morgan fingerprint density at radius 3 is 2.96 bits per heavy atom. The molecule has 0 radical (unpaired) electrons. The first-order chi connectivity index (χ1) is 12.1. The van der Waals surface area contributed by atoms with Crippen molar-refractivity contribution in [2.75, 3.05) is 26.8 Å². The van der Waals surface area contributed by atoms with Gasteiger partial charge in [-0.05, 0) is 30.4 Å². The maximum Gasteiger partial charge on any atom is 0.279 e. The van der Waals surface area contributed by atoms with Gasteiger partial charge in [-0.3, -0.25) is 0 Å². The molecule has 1 N–H and O–H groups in total. The molecule has 0 bridgehead atoms. The summed E-state index contributed by atoms with van der Waals surface area (Å²) in [5.74, 6) is 0.248.